The number of hydrogen-bond acceptors (Lipinski definition) is 8. The Kier molecular flexibility index (Phi) is 11.2. The highest BCUT2D eigenvalue weighted by molar-refractivity contribution is 7.10. The molecule has 2 atom stereocenters. The van der Waals surface area contributed by atoms with E-state index in [-0.39, 0.29) is 63.4 Å². The van der Waals surface area contributed by atoms with Gasteiger partial charge in [0.1, 0.15) is 23.0 Å². The lowest BCUT2D eigenvalue weighted by Gasteiger charge is -2.51. The standard InChI is InChI=1S/C34H38F6N4O5S/c1-3-7-28-32(49-27-21-50-29(22(27)2)34(38,39)40,11-6-13-44(28)30(46)23-20-41-12-10-24(23)33(35,36)37)31(47)43-16-14-42(15-17-43)25-8-4-5-9-26(25)48-19-18-45/h4-5,8-10,12,20-21,28,45H,3,6-7,11,13-19H2,1-2H3/t28-,32+/m1/s1. The van der Waals surface area contributed by atoms with Crippen LogP contribution in [-0.4, -0.2) is 89.3 Å². The van der Waals surface area contributed by atoms with Gasteiger partial charge in [-0.15, -0.1) is 11.3 Å². The monoisotopic (exact) mass is 728 g/mol. The van der Waals surface area contributed by atoms with Crippen molar-refractivity contribution in [1.82, 2.24) is 14.8 Å². The minimum absolute atomic E-state index is 0.00288. The molecule has 1 aromatic carbocycles. The predicted octanol–water partition coefficient (Wildman–Crippen LogP) is 6.43. The van der Waals surface area contributed by atoms with Gasteiger partial charge in [-0.25, -0.2) is 0 Å². The van der Waals surface area contributed by atoms with Crippen LogP contribution < -0.4 is 14.4 Å². The molecule has 16 heteroatoms. The van der Waals surface area contributed by atoms with E-state index in [4.69, 9.17) is 9.47 Å². The van der Waals surface area contributed by atoms with E-state index >= 15 is 0 Å². The number of carbonyl (C=O) groups excluding carboxylic acids is 2. The number of pyridine rings is 1. The Morgan fingerprint density at radius 3 is 2.38 bits per heavy atom. The van der Waals surface area contributed by atoms with Gasteiger partial charge in [0.15, 0.2) is 0 Å². The number of para-hydroxylation sites is 2. The van der Waals surface area contributed by atoms with Crippen LogP contribution in [0.1, 0.15) is 59.0 Å². The fraction of sp³-hybridized carbons (Fsp3) is 0.500. The molecule has 0 unspecified atom stereocenters. The summed E-state index contributed by atoms with van der Waals surface area (Å²) in [4.78, 5) is 36.5. The third kappa shape index (κ3) is 7.50. The Bertz CT molecular complexity index is 1660. The number of nitrogens with zero attached hydrogens (tertiary/aromatic N) is 4. The number of aromatic nitrogens is 1. The molecule has 272 valence electrons. The van der Waals surface area contributed by atoms with Crippen molar-refractivity contribution < 1.29 is 50.5 Å². The van der Waals surface area contributed by atoms with Crippen LogP contribution in [0.25, 0.3) is 0 Å². The number of carbonyl (C=O) groups is 2. The van der Waals surface area contributed by atoms with Gasteiger partial charge in [0, 0.05) is 62.5 Å². The normalized spacial score (nSPS) is 20.2. The molecule has 50 heavy (non-hydrogen) atoms. The lowest BCUT2D eigenvalue weighted by molar-refractivity contribution is -0.159. The maximum atomic E-state index is 14.8. The zero-order chi connectivity index (χ0) is 36.3. The van der Waals surface area contributed by atoms with Gasteiger partial charge in [0.05, 0.1) is 29.5 Å². The fourth-order valence-corrected chi connectivity index (χ4v) is 7.62. The van der Waals surface area contributed by atoms with E-state index < -0.39 is 51.8 Å². The molecule has 0 saturated carbocycles. The number of likely N-dealkylation sites (tertiary alicyclic amines) is 1. The summed E-state index contributed by atoms with van der Waals surface area (Å²) >= 11 is 0.423. The van der Waals surface area contributed by atoms with Gasteiger partial charge < -0.3 is 29.3 Å². The number of piperidine rings is 1. The van der Waals surface area contributed by atoms with E-state index in [9.17, 15) is 41.0 Å². The highest BCUT2D eigenvalue weighted by Crippen LogP contribution is 2.45. The second-order valence-corrected chi connectivity index (χ2v) is 13.1. The quantitative estimate of drug-likeness (QED) is 0.241. The summed E-state index contributed by atoms with van der Waals surface area (Å²) in [5, 5.41) is 10.4. The Labute approximate surface area is 289 Å². The van der Waals surface area contributed by atoms with Crippen LogP contribution in [0.4, 0.5) is 32.0 Å². The van der Waals surface area contributed by atoms with Gasteiger partial charge >= 0.3 is 12.4 Å². The Hall–Kier alpha value is -4.05. The highest BCUT2D eigenvalue weighted by atomic mass is 32.1. The van der Waals surface area contributed by atoms with E-state index in [1.165, 1.54) is 17.2 Å². The topological polar surface area (TPSA) is 95.4 Å². The number of anilines is 1. The second-order valence-electron chi connectivity index (χ2n) is 12.2. The first-order valence-electron chi connectivity index (χ1n) is 16.3. The summed E-state index contributed by atoms with van der Waals surface area (Å²) in [6, 6.07) is 6.83. The summed E-state index contributed by atoms with van der Waals surface area (Å²) in [6.45, 7) is 4.01. The van der Waals surface area contributed by atoms with Crippen LogP contribution in [0, 0.1) is 6.92 Å². The summed E-state index contributed by atoms with van der Waals surface area (Å²) in [6.07, 6.45) is -7.08. The third-order valence-corrected chi connectivity index (χ3v) is 10.2. The molecule has 2 saturated heterocycles. The fourth-order valence-electron chi connectivity index (χ4n) is 6.76. The predicted molar refractivity (Wildman–Crippen MR) is 173 cm³/mol. The zero-order valence-corrected chi connectivity index (χ0v) is 28.3. The van der Waals surface area contributed by atoms with E-state index in [0.29, 0.717) is 42.7 Å². The lowest BCUT2D eigenvalue weighted by Crippen LogP contribution is -2.69. The number of aliphatic hydroxyl groups is 1. The molecule has 0 aliphatic carbocycles. The van der Waals surface area contributed by atoms with Gasteiger partial charge in [-0.05, 0) is 38.0 Å². The number of halogens is 6. The number of benzene rings is 1. The zero-order valence-electron chi connectivity index (χ0n) is 27.5. The van der Waals surface area contributed by atoms with Crippen molar-refractivity contribution in [2.45, 2.75) is 63.5 Å². The maximum Gasteiger partial charge on any atom is 0.425 e. The van der Waals surface area contributed by atoms with Crippen molar-refractivity contribution in [2.24, 2.45) is 0 Å². The van der Waals surface area contributed by atoms with Crippen molar-refractivity contribution in [3.63, 3.8) is 0 Å². The molecule has 3 aromatic rings. The average Bonchev–Trinajstić information content (AvgIpc) is 3.47. The first kappa shape index (κ1) is 37.2. The second kappa shape index (κ2) is 15.1. The van der Waals surface area contributed by atoms with E-state index in [0.717, 1.165) is 18.1 Å². The summed E-state index contributed by atoms with van der Waals surface area (Å²) in [5.41, 5.74) is -3.24. The molecule has 4 heterocycles. The average molecular weight is 729 g/mol. The van der Waals surface area contributed by atoms with E-state index in [1.54, 1.807) is 24.0 Å². The molecule has 0 bridgehead atoms. The van der Waals surface area contributed by atoms with Crippen molar-refractivity contribution in [1.29, 1.82) is 0 Å². The van der Waals surface area contributed by atoms with Crippen LogP contribution in [0.5, 0.6) is 11.5 Å². The number of piperazine rings is 1. The minimum atomic E-state index is -4.86. The van der Waals surface area contributed by atoms with Gasteiger partial charge in [0.2, 0.25) is 5.60 Å². The molecule has 2 fully saturated rings. The largest absolute Gasteiger partial charge is 0.489 e. The third-order valence-electron chi connectivity index (χ3n) is 9.07. The summed E-state index contributed by atoms with van der Waals surface area (Å²) in [7, 11) is 0. The number of alkyl halides is 6. The lowest BCUT2D eigenvalue weighted by atomic mass is 9.79. The molecule has 9 nitrogen and oxygen atoms in total. The van der Waals surface area contributed by atoms with Crippen LogP contribution in [-0.2, 0) is 17.1 Å². The van der Waals surface area contributed by atoms with Gasteiger partial charge in [-0.2, -0.15) is 26.3 Å². The number of rotatable bonds is 10. The van der Waals surface area contributed by atoms with Gasteiger partial charge in [0.25, 0.3) is 11.8 Å². The van der Waals surface area contributed by atoms with Crippen molar-refractivity contribution in [3.05, 3.63) is 69.7 Å². The Morgan fingerprint density at radius 1 is 1.02 bits per heavy atom. The molecule has 5 rings (SSSR count). The number of ether oxygens (including phenoxy) is 2. The first-order valence-corrected chi connectivity index (χ1v) is 17.1. The summed E-state index contributed by atoms with van der Waals surface area (Å²) < 4.78 is 95.7. The molecule has 0 radical (unpaired) electrons. The molecule has 0 spiro atoms. The highest BCUT2D eigenvalue weighted by Gasteiger charge is 2.56. The molecular formula is C34H38F6N4O5S. The van der Waals surface area contributed by atoms with Gasteiger partial charge in [-0.3, -0.25) is 14.6 Å². The molecule has 2 aliphatic rings. The minimum Gasteiger partial charge on any atom is -0.489 e. The number of hydrogen-bond donors (Lipinski definition) is 1. The Morgan fingerprint density at radius 2 is 1.74 bits per heavy atom. The van der Waals surface area contributed by atoms with Crippen molar-refractivity contribution in [2.75, 3.05) is 50.8 Å². The number of aliphatic hydroxyl groups excluding tert-OH is 1. The maximum absolute atomic E-state index is 14.8. The molecule has 2 aromatic heterocycles. The van der Waals surface area contributed by atoms with Crippen molar-refractivity contribution >= 4 is 28.8 Å². The summed E-state index contributed by atoms with van der Waals surface area (Å²) in [5.74, 6) is -1.17. The number of thiophene rings is 1. The van der Waals surface area contributed by atoms with Crippen LogP contribution in [0.15, 0.2) is 48.1 Å². The van der Waals surface area contributed by atoms with E-state index in [2.05, 4.69) is 4.98 Å². The van der Waals surface area contributed by atoms with Crippen LogP contribution in [0.2, 0.25) is 0 Å². The van der Waals surface area contributed by atoms with Crippen LogP contribution in [0.3, 0.4) is 0 Å². The Balaban J connectivity index is 1.52. The van der Waals surface area contributed by atoms with Crippen LogP contribution >= 0.6 is 11.3 Å². The SMILES string of the molecule is CCC[C@H]1N(C(=O)c2cnccc2C(F)(F)F)CCC[C@@]1(Oc1csc(C(F)(F)F)c1C)C(=O)N1CCN(c2ccccc2OCCO)CC1. The van der Waals surface area contributed by atoms with Gasteiger partial charge in [-0.1, -0.05) is 25.5 Å². The van der Waals surface area contributed by atoms with Crippen molar-refractivity contribution in [3.8, 4) is 11.5 Å². The molecular weight excluding hydrogens is 690 g/mol. The molecule has 1 N–H and O–H groups in total. The molecule has 2 aliphatic heterocycles. The van der Waals surface area contributed by atoms with E-state index in [1.807, 2.05) is 17.0 Å². The number of amides is 2. The molecule has 2 amide bonds. The first-order chi connectivity index (χ1) is 23.7. The smallest absolute Gasteiger partial charge is 0.425 e.